The summed E-state index contributed by atoms with van der Waals surface area (Å²) in [5.41, 5.74) is 6.69. The summed E-state index contributed by atoms with van der Waals surface area (Å²) in [5, 5.41) is 0. The molecule has 0 aromatic heterocycles. The van der Waals surface area contributed by atoms with Crippen LogP contribution in [0.4, 0.5) is 0 Å². The number of hydrogen-bond donors (Lipinski definition) is 2. The zero-order valence-corrected chi connectivity index (χ0v) is 16.4. The summed E-state index contributed by atoms with van der Waals surface area (Å²) in [6.07, 6.45) is 2.27. The molecule has 26 heavy (non-hydrogen) atoms. The van der Waals surface area contributed by atoms with Gasteiger partial charge in [-0.15, -0.1) is 0 Å². The maximum Gasteiger partial charge on any atom is 0.323 e. The Bertz CT molecular complexity index is 651. The van der Waals surface area contributed by atoms with Gasteiger partial charge in [-0.25, -0.2) is 0 Å². The van der Waals surface area contributed by atoms with Crippen molar-refractivity contribution in [1.29, 1.82) is 0 Å². The molecule has 2 rings (SSSR count). The number of rotatable bonds is 5. The van der Waals surface area contributed by atoms with E-state index in [-0.39, 0.29) is 17.0 Å². The van der Waals surface area contributed by atoms with Crippen molar-refractivity contribution in [3.05, 3.63) is 29.8 Å². The first-order valence-electron chi connectivity index (χ1n) is 8.67. The van der Waals surface area contributed by atoms with Crippen LogP contribution in [0.15, 0.2) is 29.2 Å². The topological polar surface area (TPSA) is 116 Å². The van der Waals surface area contributed by atoms with Crippen LogP contribution in [0.5, 0.6) is 0 Å². The van der Waals surface area contributed by atoms with E-state index in [4.69, 9.17) is 19.8 Å². The summed E-state index contributed by atoms with van der Waals surface area (Å²) < 4.78 is 40.0. The Morgan fingerprint density at radius 3 is 2.27 bits per heavy atom. The van der Waals surface area contributed by atoms with E-state index >= 15 is 0 Å². The van der Waals surface area contributed by atoms with Crippen molar-refractivity contribution in [3.63, 3.8) is 0 Å². The lowest BCUT2D eigenvalue weighted by Gasteiger charge is -2.24. The molecule has 148 valence electrons. The molecule has 1 atom stereocenters. The maximum absolute atomic E-state index is 11.6. The van der Waals surface area contributed by atoms with Crippen molar-refractivity contribution < 1.29 is 27.2 Å². The lowest BCUT2D eigenvalue weighted by atomic mass is 10.0. The molecule has 0 bridgehead atoms. The number of benzene rings is 1. The Balaban J connectivity index is 0.000000273. The second kappa shape index (κ2) is 10.6. The quantitative estimate of drug-likeness (QED) is 0.588. The molecule has 8 heteroatoms. The summed E-state index contributed by atoms with van der Waals surface area (Å²) in [6.45, 7) is 7.28. The Hall–Kier alpha value is -1.48. The molecule has 3 N–H and O–H groups in total. The minimum absolute atomic E-state index is 0.00413. The fourth-order valence-electron chi connectivity index (χ4n) is 2.36. The number of ether oxygens (including phenoxy) is 2. The van der Waals surface area contributed by atoms with Gasteiger partial charge in [0.2, 0.25) is 0 Å². The molecule has 1 heterocycles. The fraction of sp³-hybridized carbons (Fsp3) is 0.611. The zero-order chi connectivity index (χ0) is 19.7. The molecule has 1 aromatic carbocycles. The Kier molecular flexibility index (Phi) is 9.21. The van der Waals surface area contributed by atoms with Gasteiger partial charge in [-0.05, 0) is 31.4 Å². The lowest BCUT2D eigenvalue weighted by Crippen LogP contribution is -2.37. The van der Waals surface area contributed by atoms with Crippen LogP contribution in [0, 0.1) is 12.8 Å². The molecular formula is C18H29NO6S. The van der Waals surface area contributed by atoms with Crippen LogP contribution in [0.1, 0.15) is 38.7 Å². The van der Waals surface area contributed by atoms with Crippen molar-refractivity contribution >= 4 is 16.1 Å². The van der Waals surface area contributed by atoms with E-state index in [2.05, 4.69) is 0 Å². The van der Waals surface area contributed by atoms with Crippen LogP contribution < -0.4 is 5.73 Å². The predicted octanol–water partition coefficient (Wildman–Crippen LogP) is 2.32. The first-order chi connectivity index (χ1) is 12.1. The summed E-state index contributed by atoms with van der Waals surface area (Å²) in [6, 6.07) is 5.51. The highest BCUT2D eigenvalue weighted by molar-refractivity contribution is 7.85. The highest BCUT2D eigenvalue weighted by Crippen LogP contribution is 2.13. The average Bonchev–Trinajstić information content (AvgIpc) is 2.55. The van der Waals surface area contributed by atoms with Gasteiger partial charge in [-0.2, -0.15) is 8.42 Å². The third-order valence-corrected chi connectivity index (χ3v) is 4.67. The van der Waals surface area contributed by atoms with E-state index < -0.39 is 16.2 Å². The number of nitrogens with two attached hydrogens (primary N) is 1. The second-order valence-electron chi connectivity index (χ2n) is 6.77. The van der Waals surface area contributed by atoms with Crippen LogP contribution in [0.25, 0.3) is 0 Å². The van der Waals surface area contributed by atoms with E-state index in [1.807, 2.05) is 20.8 Å². The van der Waals surface area contributed by atoms with Crippen LogP contribution in [-0.2, 0) is 24.4 Å². The van der Waals surface area contributed by atoms with Gasteiger partial charge >= 0.3 is 5.97 Å². The smallest absolute Gasteiger partial charge is 0.323 e. The normalized spacial score (nSPS) is 16.5. The fourth-order valence-corrected chi connectivity index (χ4v) is 2.84. The lowest BCUT2D eigenvalue weighted by molar-refractivity contribution is -0.155. The number of hydrogen-bond acceptors (Lipinski definition) is 6. The largest absolute Gasteiger partial charge is 0.461 e. The molecule has 1 aromatic rings. The maximum atomic E-state index is 11.6. The molecule has 0 aliphatic carbocycles. The molecule has 7 nitrogen and oxygen atoms in total. The van der Waals surface area contributed by atoms with Crippen molar-refractivity contribution in [2.45, 2.75) is 57.1 Å². The van der Waals surface area contributed by atoms with Gasteiger partial charge in [0.1, 0.15) is 12.1 Å². The first-order valence-corrected chi connectivity index (χ1v) is 10.1. The van der Waals surface area contributed by atoms with Crippen molar-refractivity contribution in [3.8, 4) is 0 Å². The molecule has 1 aliphatic rings. The summed E-state index contributed by atoms with van der Waals surface area (Å²) in [7, 11) is -4.02. The third kappa shape index (κ3) is 8.75. The van der Waals surface area contributed by atoms with E-state index in [1.165, 1.54) is 12.1 Å². The molecule has 0 spiro atoms. The van der Waals surface area contributed by atoms with Gasteiger partial charge < -0.3 is 15.2 Å². The van der Waals surface area contributed by atoms with Gasteiger partial charge in [0.15, 0.2) is 0 Å². The molecule has 1 aliphatic heterocycles. The Morgan fingerprint density at radius 2 is 1.81 bits per heavy atom. The average molecular weight is 387 g/mol. The van der Waals surface area contributed by atoms with Crippen LogP contribution in [0.3, 0.4) is 0 Å². The first kappa shape index (κ1) is 22.6. The third-order valence-electron chi connectivity index (χ3n) is 3.80. The van der Waals surface area contributed by atoms with Crippen LogP contribution in [0.2, 0.25) is 0 Å². The van der Waals surface area contributed by atoms with Gasteiger partial charge in [0.25, 0.3) is 10.1 Å². The monoisotopic (exact) mass is 387 g/mol. The highest BCUT2D eigenvalue weighted by atomic mass is 32.2. The van der Waals surface area contributed by atoms with Crippen molar-refractivity contribution in [2.75, 3.05) is 13.2 Å². The van der Waals surface area contributed by atoms with E-state index in [1.54, 1.807) is 12.1 Å². The predicted molar refractivity (Wildman–Crippen MR) is 98.4 cm³/mol. The SMILES string of the molecule is CC(C)CC(N)C(=O)OC1CCOCC1.Cc1ccc(S(=O)(=O)O)cc1. The Labute approximate surface area is 155 Å². The van der Waals surface area contributed by atoms with Gasteiger partial charge in [0.05, 0.1) is 18.1 Å². The number of aryl methyl sites for hydroxylation is 1. The minimum atomic E-state index is -4.02. The van der Waals surface area contributed by atoms with Crippen molar-refractivity contribution in [1.82, 2.24) is 0 Å². The standard InChI is InChI=1S/C11H21NO3.C7H8O3S/c1-8(2)7-10(12)11(13)15-9-3-5-14-6-4-9;1-6-2-4-7(5-3-6)11(8,9)10/h8-10H,3-7,12H2,1-2H3;2-5H,1H3,(H,8,9,10). The van der Waals surface area contributed by atoms with Crippen molar-refractivity contribution in [2.24, 2.45) is 11.7 Å². The summed E-state index contributed by atoms with van der Waals surface area (Å²) >= 11 is 0. The molecule has 1 unspecified atom stereocenters. The molecular weight excluding hydrogens is 358 g/mol. The van der Waals surface area contributed by atoms with Gasteiger partial charge in [-0.3, -0.25) is 9.35 Å². The van der Waals surface area contributed by atoms with E-state index in [0.29, 0.717) is 25.6 Å². The van der Waals surface area contributed by atoms with E-state index in [9.17, 15) is 13.2 Å². The van der Waals surface area contributed by atoms with Crippen LogP contribution >= 0.6 is 0 Å². The number of esters is 1. The summed E-state index contributed by atoms with van der Waals surface area (Å²) in [4.78, 5) is 11.5. The molecule has 0 radical (unpaired) electrons. The van der Waals surface area contributed by atoms with E-state index in [0.717, 1.165) is 18.4 Å². The molecule has 1 fully saturated rings. The molecule has 0 saturated carbocycles. The van der Waals surface area contributed by atoms with Gasteiger partial charge in [-0.1, -0.05) is 31.5 Å². The minimum Gasteiger partial charge on any atom is -0.461 e. The molecule has 0 amide bonds. The number of carbonyl (C=O) groups excluding carboxylic acids is 1. The Morgan fingerprint density at radius 1 is 1.27 bits per heavy atom. The zero-order valence-electron chi connectivity index (χ0n) is 15.6. The van der Waals surface area contributed by atoms with Gasteiger partial charge in [0, 0.05) is 12.8 Å². The second-order valence-corrected chi connectivity index (χ2v) is 8.19. The highest BCUT2D eigenvalue weighted by Gasteiger charge is 2.22. The molecule has 1 saturated heterocycles. The van der Waals surface area contributed by atoms with Crippen LogP contribution in [-0.4, -0.2) is 44.3 Å². The summed E-state index contributed by atoms with van der Waals surface area (Å²) in [5.74, 6) is 0.151. The number of carbonyl (C=O) groups is 1.